The van der Waals surface area contributed by atoms with Gasteiger partial charge in [-0.05, 0) is 38.0 Å². The van der Waals surface area contributed by atoms with Crippen LogP contribution in [0.2, 0.25) is 0 Å². The first kappa shape index (κ1) is 14.0. The molecule has 1 aromatic rings. The highest BCUT2D eigenvalue weighted by Gasteiger charge is 2.32. The first-order valence-corrected chi connectivity index (χ1v) is 7.18. The van der Waals surface area contributed by atoms with Crippen molar-refractivity contribution in [2.45, 2.75) is 44.2 Å². The normalized spacial score (nSPS) is 20.0. The van der Waals surface area contributed by atoms with E-state index in [-0.39, 0.29) is 12.4 Å². The maximum absolute atomic E-state index is 14.0. The molecule has 100 valence electrons. The Balaban J connectivity index is 2.26. The Morgan fingerprint density at radius 3 is 2.72 bits per heavy atom. The quantitative estimate of drug-likeness (QED) is 0.893. The van der Waals surface area contributed by atoms with Gasteiger partial charge in [-0.15, -0.1) is 0 Å². The van der Waals surface area contributed by atoms with Gasteiger partial charge in [0.15, 0.2) is 0 Å². The molecule has 1 atom stereocenters. The minimum absolute atomic E-state index is 0.114. The average molecular weight is 316 g/mol. The van der Waals surface area contributed by atoms with Crippen LogP contribution < -0.4 is 5.32 Å². The van der Waals surface area contributed by atoms with Crippen LogP contribution in [0.4, 0.5) is 4.39 Å². The molecule has 1 aliphatic rings. The number of hydrogen-bond acceptors (Lipinski definition) is 2. The Morgan fingerprint density at radius 1 is 1.44 bits per heavy atom. The van der Waals surface area contributed by atoms with Crippen LogP contribution in [0.1, 0.15) is 38.2 Å². The van der Waals surface area contributed by atoms with Gasteiger partial charge in [0.05, 0.1) is 12.1 Å². The standard InChI is InChI=1S/C14H19BrFNO/c1-14(9-18,17-11-4-2-3-5-11)12-8-10(15)6-7-13(12)16/h6-8,11,17-18H,2-5,9H2,1H3. The summed E-state index contributed by atoms with van der Waals surface area (Å²) in [5.74, 6) is -0.278. The zero-order chi connectivity index (χ0) is 13.2. The largest absolute Gasteiger partial charge is 0.394 e. The van der Waals surface area contributed by atoms with Crippen molar-refractivity contribution in [3.63, 3.8) is 0 Å². The molecule has 1 aromatic carbocycles. The molecule has 0 radical (unpaired) electrons. The van der Waals surface area contributed by atoms with Gasteiger partial charge in [0.2, 0.25) is 0 Å². The molecule has 1 unspecified atom stereocenters. The Bertz CT molecular complexity index is 420. The Kier molecular flexibility index (Phi) is 4.41. The van der Waals surface area contributed by atoms with Crippen LogP contribution in [-0.4, -0.2) is 17.8 Å². The van der Waals surface area contributed by atoms with E-state index in [4.69, 9.17) is 0 Å². The van der Waals surface area contributed by atoms with Gasteiger partial charge in [0.1, 0.15) is 5.82 Å². The molecule has 0 saturated heterocycles. The molecule has 0 heterocycles. The molecule has 2 rings (SSSR count). The van der Waals surface area contributed by atoms with Crippen molar-refractivity contribution in [3.8, 4) is 0 Å². The van der Waals surface area contributed by atoms with E-state index in [0.717, 1.165) is 17.3 Å². The minimum Gasteiger partial charge on any atom is -0.394 e. The molecule has 0 aromatic heterocycles. The van der Waals surface area contributed by atoms with Crippen molar-refractivity contribution >= 4 is 15.9 Å². The fraction of sp³-hybridized carbons (Fsp3) is 0.571. The number of aliphatic hydroxyl groups is 1. The van der Waals surface area contributed by atoms with Gasteiger partial charge in [-0.25, -0.2) is 4.39 Å². The monoisotopic (exact) mass is 315 g/mol. The molecule has 2 nitrogen and oxygen atoms in total. The van der Waals surface area contributed by atoms with E-state index in [0.29, 0.717) is 11.6 Å². The molecule has 4 heteroatoms. The average Bonchev–Trinajstić information content (AvgIpc) is 2.84. The van der Waals surface area contributed by atoms with Crippen molar-refractivity contribution in [1.82, 2.24) is 5.32 Å². The van der Waals surface area contributed by atoms with Crippen LogP contribution in [0, 0.1) is 5.82 Å². The Hall–Kier alpha value is -0.450. The maximum Gasteiger partial charge on any atom is 0.128 e. The fourth-order valence-electron chi connectivity index (χ4n) is 2.65. The number of nitrogens with one attached hydrogen (secondary N) is 1. The van der Waals surface area contributed by atoms with Crippen molar-refractivity contribution in [2.24, 2.45) is 0 Å². The van der Waals surface area contributed by atoms with Gasteiger partial charge in [0.25, 0.3) is 0 Å². The lowest BCUT2D eigenvalue weighted by atomic mass is 9.91. The van der Waals surface area contributed by atoms with Crippen LogP contribution in [0.15, 0.2) is 22.7 Å². The number of hydrogen-bond donors (Lipinski definition) is 2. The van der Waals surface area contributed by atoms with E-state index < -0.39 is 5.54 Å². The maximum atomic E-state index is 14.0. The minimum atomic E-state index is -0.719. The first-order chi connectivity index (χ1) is 8.55. The summed E-state index contributed by atoms with van der Waals surface area (Å²) >= 11 is 3.35. The molecule has 0 amide bonds. The molecule has 1 fully saturated rings. The molecular formula is C14H19BrFNO. The van der Waals surface area contributed by atoms with E-state index >= 15 is 0 Å². The lowest BCUT2D eigenvalue weighted by molar-refractivity contribution is 0.157. The van der Waals surface area contributed by atoms with Crippen LogP contribution in [0.3, 0.4) is 0 Å². The van der Waals surface area contributed by atoms with Crippen molar-refractivity contribution in [3.05, 3.63) is 34.1 Å². The third kappa shape index (κ3) is 2.92. The summed E-state index contributed by atoms with van der Waals surface area (Å²) in [6, 6.07) is 5.23. The SMILES string of the molecule is CC(CO)(NC1CCCC1)c1cc(Br)ccc1F. The second kappa shape index (κ2) is 5.68. The number of halogens is 2. The predicted octanol–water partition coefficient (Wildman–Crippen LogP) is 3.33. The highest BCUT2D eigenvalue weighted by Crippen LogP contribution is 2.29. The topological polar surface area (TPSA) is 32.3 Å². The summed E-state index contributed by atoms with van der Waals surface area (Å²) in [7, 11) is 0. The number of benzene rings is 1. The summed E-state index contributed by atoms with van der Waals surface area (Å²) in [4.78, 5) is 0. The molecule has 2 N–H and O–H groups in total. The molecule has 0 spiro atoms. The van der Waals surface area contributed by atoms with E-state index in [1.54, 1.807) is 12.1 Å². The van der Waals surface area contributed by atoms with Crippen LogP contribution >= 0.6 is 15.9 Å². The molecule has 0 aliphatic heterocycles. The van der Waals surface area contributed by atoms with Gasteiger partial charge in [0, 0.05) is 16.1 Å². The lowest BCUT2D eigenvalue weighted by Gasteiger charge is -2.33. The van der Waals surface area contributed by atoms with Crippen molar-refractivity contribution < 1.29 is 9.50 Å². The lowest BCUT2D eigenvalue weighted by Crippen LogP contribution is -2.48. The van der Waals surface area contributed by atoms with Gasteiger partial charge in [-0.1, -0.05) is 28.8 Å². The summed E-state index contributed by atoms with van der Waals surface area (Å²) in [5.41, 5.74) is -0.200. The fourth-order valence-corrected chi connectivity index (χ4v) is 3.01. The smallest absolute Gasteiger partial charge is 0.128 e. The molecule has 1 aliphatic carbocycles. The van der Waals surface area contributed by atoms with E-state index in [9.17, 15) is 9.50 Å². The molecular weight excluding hydrogens is 297 g/mol. The van der Waals surface area contributed by atoms with Gasteiger partial charge >= 0.3 is 0 Å². The molecule has 1 saturated carbocycles. The van der Waals surface area contributed by atoms with E-state index in [1.807, 2.05) is 6.92 Å². The second-order valence-electron chi connectivity index (χ2n) is 5.24. The van der Waals surface area contributed by atoms with Crippen molar-refractivity contribution in [2.75, 3.05) is 6.61 Å². The summed E-state index contributed by atoms with van der Waals surface area (Å²) in [6.45, 7) is 1.74. The third-order valence-corrected chi connectivity index (χ3v) is 4.21. The van der Waals surface area contributed by atoms with Gasteiger partial charge in [-0.3, -0.25) is 0 Å². The van der Waals surface area contributed by atoms with Gasteiger partial charge < -0.3 is 10.4 Å². The zero-order valence-electron chi connectivity index (χ0n) is 10.5. The van der Waals surface area contributed by atoms with Gasteiger partial charge in [-0.2, -0.15) is 0 Å². The predicted molar refractivity (Wildman–Crippen MR) is 73.9 cm³/mol. The number of aliphatic hydroxyl groups excluding tert-OH is 1. The highest BCUT2D eigenvalue weighted by molar-refractivity contribution is 9.10. The van der Waals surface area contributed by atoms with Crippen LogP contribution in [0.5, 0.6) is 0 Å². The summed E-state index contributed by atoms with van der Waals surface area (Å²) < 4.78 is 14.8. The highest BCUT2D eigenvalue weighted by atomic mass is 79.9. The molecule has 18 heavy (non-hydrogen) atoms. The second-order valence-corrected chi connectivity index (χ2v) is 6.16. The first-order valence-electron chi connectivity index (χ1n) is 6.39. The third-order valence-electron chi connectivity index (χ3n) is 3.72. The van der Waals surface area contributed by atoms with Crippen molar-refractivity contribution in [1.29, 1.82) is 0 Å². The van der Waals surface area contributed by atoms with E-state index in [1.165, 1.54) is 18.9 Å². The van der Waals surface area contributed by atoms with Crippen LogP contribution in [0.25, 0.3) is 0 Å². The van der Waals surface area contributed by atoms with E-state index in [2.05, 4.69) is 21.2 Å². The Morgan fingerprint density at radius 2 is 2.11 bits per heavy atom. The summed E-state index contributed by atoms with van der Waals surface area (Å²) in [6.07, 6.45) is 4.62. The zero-order valence-corrected chi connectivity index (χ0v) is 12.1. The molecule has 0 bridgehead atoms. The number of rotatable bonds is 4. The van der Waals surface area contributed by atoms with Crippen LogP contribution in [-0.2, 0) is 5.54 Å². The Labute approximate surface area is 116 Å². The summed E-state index contributed by atoms with van der Waals surface area (Å²) in [5, 5.41) is 13.1.